The minimum Gasteiger partial charge on any atom is -0.481 e. The molecule has 106 valence electrons. The van der Waals surface area contributed by atoms with Crippen molar-refractivity contribution in [1.82, 2.24) is 20.1 Å². The van der Waals surface area contributed by atoms with Gasteiger partial charge in [0.15, 0.2) is 0 Å². The third-order valence-corrected chi connectivity index (χ3v) is 3.71. The van der Waals surface area contributed by atoms with Gasteiger partial charge in [-0.3, -0.25) is 4.68 Å². The van der Waals surface area contributed by atoms with Crippen LogP contribution in [0.5, 0.6) is 5.88 Å². The van der Waals surface area contributed by atoms with Gasteiger partial charge in [-0.1, -0.05) is 6.07 Å². The number of rotatable bonds is 5. The van der Waals surface area contributed by atoms with Crippen molar-refractivity contribution in [2.24, 2.45) is 0 Å². The smallest absolute Gasteiger partial charge is 0.212 e. The molecule has 6 nitrogen and oxygen atoms in total. The van der Waals surface area contributed by atoms with Gasteiger partial charge in [0, 0.05) is 37.2 Å². The van der Waals surface area contributed by atoms with E-state index in [4.69, 9.17) is 4.74 Å². The molecule has 0 aliphatic heterocycles. The number of hydrogen-bond donors (Lipinski definition) is 2. The number of aliphatic hydroxyl groups is 1. The number of hydrogen-bond acceptors (Lipinski definition) is 5. The van der Waals surface area contributed by atoms with Gasteiger partial charge in [-0.15, -0.1) is 0 Å². The topological polar surface area (TPSA) is 72.2 Å². The standard InChI is InChI=1S/C14H18N4O2/c1-20-13-4-3-10(9-16-13)8-15-11-7-12(19)14(11)18-6-2-5-17-18/h2-6,9,11-12,14-15,19H,7-8H2,1H3/t11-,12+,14+/m0/s1. The third kappa shape index (κ3) is 2.52. The molecule has 20 heavy (non-hydrogen) atoms. The molecule has 2 aromatic rings. The lowest BCUT2D eigenvalue weighted by Gasteiger charge is -2.42. The first-order valence-corrected chi connectivity index (χ1v) is 6.67. The summed E-state index contributed by atoms with van der Waals surface area (Å²) in [5.74, 6) is 0.613. The predicted octanol–water partition coefficient (Wildman–Crippen LogP) is 0.751. The maximum absolute atomic E-state index is 9.89. The third-order valence-electron chi connectivity index (χ3n) is 3.71. The van der Waals surface area contributed by atoms with E-state index < -0.39 is 0 Å². The van der Waals surface area contributed by atoms with Crippen molar-refractivity contribution in [2.75, 3.05) is 7.11 Å². The lowest BCUT2D eigenvalue weighted by atomic mass is 9.83. The van der Waals surface area contributed by atoms with Crippen molar-refractivity contribution < 1.29 is 9.84 Å². The Balaban J connectivity index is 1.58. The Labute approximate surface area is 117 Å². The zero-order chi connectivity index (χ0) is 13.9. The molecule has 0 bridgehead atoms. The van der Waals surface area contributed by atoms with E-state index in [0.29, 0.717) is 12.4 Å². The van der Waals surface area contributed by atoms with Gasteiger partial charge in [-0.05, 0) is 18.1 Å². The van der Waals surface area contributed by atoms with Crippen molar-refractivity contribution in [3.05, 3.63) is 42.4 Å². The highest BCUT2D eigenvalue weighted by Crippen LogP contribution is 2.32. The summed E-state index contributed by atoms with van der Waals surface area (Å²) in [7, 11) is 1.60. The van der Waals surface area contributed by atoms with Gasteiger partial charge in [0.1, 0.15) is 0 Å². The SMILES string of the molecule is COc1ccc(CN[C@H]2C[C@@H](O)[C@@H]2n2cccn2)cn1. The maximum atomic E-state index is 9.89. The van der Waals surface area contributed by atoms with E-state index >= 15 is 0 Å². The quantitative estimate of drug-likeness (QED) is 0.842. The average Bonchev–Trinajstić information content (AvgIpc) is 2.97. The Hall–Kier alpha value is -1.92. The largest absolute Gasteiger partial charge is 0.481 e. The lowest BCUT2D eigenvalue weighted by Crippen LogP contribution is -2.54. The van der Waals surface area contributed by atoms with Gasteiger partial charge >= 0.3 is 0 Å². The molecule has 6 heteroatoms. The molecule has 2 heterocycles. The molecule has 1 aliphatic carbocycles. The van der Waals surface area contributed by atoms with E-state index in [0.717, 1.165) is 12.0 Å². The minimum atomic E-state index is -0.332. The molecule has 1 fully saturated rings. The maximum Gasteiger partial charge on any atom is 0.212 e. The van der Waals surface area contributed by atoms with Crippen molar-refractivity contribution >= 4 is 0 Å². The lowest BCUT2D eigenvalue weighted by molar-refractivity contribution is -0.00822. The van der Waals surface area contributed by atoms with E-state index in [9.17, 15) is 5.11 Å². The van der Waals surface area contributed by atoms with Crippen LogP contribution in [0.2, 0.25) is 0 Å². The summed E-state index contributed by atoms with van der Waals surface area (Å²) in [4.78, 5) is 4.17. The number of methoxy groups -OCH3 is 1. The summed E-state index contributed by atoms with van der Waals surface area (Å²) in [6.45, 7) is 0.714. The molecule has 0 saturated heterocycles. The molecule has 1 aliphatic rings. The van der Waals surface area contributed by atoms with Crippen LogP contribution in [0.1, 0.15) is 18.0 Å². The number of aliphatic hydroxyl groups excluding tert-OH is 1. The summed E-state index contributed by atoms with van der Waals surface area (Å²) < 4.78 is 6.85. The van der Waals surface area contributed by atoms with Gasteiger partial charge in [-0.25, -0.2) is 4.98 Å². The van der Waals surface area contributed by atoms with Crippen LogP contribution in [0.4, 0.5) is 0 Å². The summed E-state index contributed by atoms with van der Waals surface area (Å²) in [5.41, 5.74) is 1.09. The number of aromatic nitrogens is 3. The zero-order valence-electron chi connectivity index (χ0n) is 11.3. The first kappa shape index (κ1) is 13.1. The average molecular weight is 274 g/mol. The Bertz CT molecular complexity index is 541. The normalized spacial score (nSPS) is 25.2. The number of pyridine rings is 1. The zero-order valence-corrected chi connectivity index (χ0v) is 11.3. The predicted molar refractivity (Wildman–Crippen MR) is 73.3 cm³/mol. The molecule has 1 saturated carbocycles. The van der Waals surface area contributed by atoms with Gasteiger partial charge in [0.2, 0.25) is 5.88 Å². The Kier molecular flexibility index (Phi) is 3.66. The van der Waals surface area contributed by atoms with Gasteiger partial charge in [0.25, 0.3) is 0 Å². The van der Waals surface area contributed by atoms with E-state index in [1.807, 2.05) is 29.1 Å². The highest BCUT2D eigenvalue weighted by atomic mass is 16.5. The van der Waals surface area contributed by atoms with E-state index in [2.05, 4.69) is 15.4 Å². The van der Waals surface area contributed by atoms with Crippen LogP contribution in [-0.4, -0.2) is 39.1 Å². The Morgan fingerprint density at radius 3 is 3.00 bits per heavy atom. The summed E-state index contributed by atoms with van der Waals surface area (Å²) >= 11 is 0. The van der Waals surface area contributed by atoms with Crippen LogP contribution < -0.4 is 10.1 Å². The molecule has 0 radical (unpaired) electrons. The van der Waals surface area contributed by atoms with Gasteiger partial charge in [-0.2, -0.15) is 5.10 Å². The van der Waals surface area contributed by atoms with Crippen LogP contribution in [0.25, 0.3) is 0 Å². The fourth-order valence-corrected chi connectivity index (χ4v) is 2.52. The molecule has 2 N–H and O–H groups in total. The second-order valence-electron chi connectivity index (χ2n) is 4.98. The molecule has 3 atom stereocenters. The molecule has 0 amide bonds. The monoisotopic (exact) mass is 274 g/mol. The molecule has 0 unspecified atom stereocenters. The molecule has 0 aromatic carbocycles. The first-order valence-electron chi connectivity index (χ1n) is 6.67. The summed E-state index contributed by atoms with van der Waals surface area (Å²) in [6.07, 6.45) is 5.82. The number of ether oxygens (including phenoxy) is 1. The van der Waals surface area contributed by atoms with Crippen molar-refractivity contribution in [2.45, 2.75) is 31.2 Å². The van der Waals surface area contributed by atoms with Crippen LogP contribution in [0.3, 0.4) is 0 Å². The van der Waals surface area contributed by atoms with Crippen molar-refractivity contribution in [1.29, 1.82) is 0 Å². The summed E-state index contributed by atoms with van der Waals surface area (Å²) in [6, 6.07) is 5.94. The Morgan fingerprint density at radius 1 is 1.50 bits per heavy atom. The van der Waals surface area contributed by atoms with Crippen LogP contribution in [0.15, 0.2) is 36.8 Å². The van der Waals surface area contributed by atoms with Gasteiger partial charge < -0.3 is 15.2 Å². The van der Waals surface area contributed by atoms with Crippen molar-refractivity contribution in [3.8, 4) is 5.88 Å². The first-order chi connectivity index (χ1) is 9.78. The molecule has 0 spiro atoms. The van der Waals surface area contributed by atoms with E-state index in [1.165, 1.54) is 0 Å². The number of nitrogens with one attached hydrogen (secondary N) is 1. The minimum absolute atomic E-state index is 0.0104. The van der Waals surface area contributed by atoms with Crippen molar-refractivity contribution in [3.63, 3.8) is 0 Å². The molecule has 3 rings (SSSR count). The second kappa shape index (κ2) is 5.60. The summed E-state index contributed by atoms with van der Waals surface area (Å²) in [5, 5.41) is 17.5. The Morgan fingerprint density at radius 2 is 2.40 bits per heavy atom. The van der Waals surface area contributed by atoms with Gasteiger partial charge in [0.05, 0.1) is 19.3 Å². The van der Waals surface area contributed by atoms with E-state index in [-0.39, 0.29) is 18.2 Å². The molecular weight excluding hydrogens is 256 g/mol. The fraction of sp³-hybridized carbons (Fsp3) is 0.429. The van der Waals surface area contributed by atoms with Crippen LogP contribution >= 0.6 is 0 Å². The number of nitrogens with zero attached hydrogens (tertiary/aromatic N) is 3. The van der Waals surface area contributed by atoms with Crippen LogP contribution in [-0.2, 0) is 6.54 Å². The van der Waals surface area contributed by atoms with E-state index in [1.54, 1.807) is 19.5 Å². The highest BCUT2D eigenvalue weighted by Gasteiger charge is 2.41. The molecular formula is C14H18N4O2. The molecule has 2 aromatic heterocycles. The van der Waals surface area contributed by atoms with Crippen LogP contribution in [0, 0.1) is 0 Å². The second-order valence-corrected chi connectivity index (χ2v) is 4.98. The highest BCUT2D eigenvalue weighted by molar-refractivity contribution is 5.18. The fourth-order valence-electron chi connectivity index (χ4n) is 2.52.